The van der Waals surface area contributed by atoms with Gasteiger partial charge in [-0.15, -0.1) is 0 Å². The lowest BCUT2D eigenvalue weighted by Crippen LogP contribution is -2.52. The van der Waals surface area contributed by atoms with Crippen molar-refractivity contribution in [2.24, 2.45) is 10.7 Å². The van der Waals surface area contributed by atoms with Crippen molar-refractivity contribution >= 4 is 17.8 Å². The average Bonchev–Trinajstić information content (AvgIpc) is 2.89. The molecule has 3 atom stereocenters. The molecule has 0 spiro atoms. The number of para-hydroxylation sites is 1. The molecule has 0 bridgehead atoms. The Balaban J connectivity index is 1.63. The van der Waals surface area contributed by atoms with Crippen molar-refractivity contribution in [3.8, 4) is 5.75 Å². The number of hydrogen-bond donors (Lipinski definition) is 3. The summed E-state index contributed by atoms with van der Waals surface area (Å²) >= 11 is 0. The molecule has 2 heterocycles. The minimum atomic E-state index is -1.28. The Bertz CT molecular complexity index is 1190. The second-order valence-electron chi connectivity index (χ2n) is 10.4. The second kappa shape index (κ2) is 10.5. The van der Waals surface area contributed by atoms with E-state index >= 15 is 0 Å². The van der Waals surface area contributed by atoms with Gasteiger partial charge >= 0.3 is 0 Å². The van der Waals surface area contributed by atoms with Crippen molar-refractivity contribution in [2.75, 3.05) is 6.61 Å². The van der Waals surface area contributed by atoms with Crippen LogP contribution >= 0.6 is 0 Å². The summed E-state index contributed by atoms with van der Waals surface area (Å²) in [5.74, 6) is 0.522. The monoisotopic (exact) mass is 506 g/mol. The van der Waals surface area contributed by atoms with Crippen molar-refractivity contribution in [3.63, 3.8) is 0 Å². The number of nitrogens with one attached hydrogen (secondary N) is 1. The first-order chi connectivity index (χ1) is 17.6. The summed E-state index contributed by atoms with van der Waals surface area (Å²) in [6.07, 6.45) is 3.32. The van der Waals surface area contributed by atoms with Crippen LogP contribution in [-0.2, 0) is 4.79 Å². The van der Waals surface area contributed by atoms with Crippen LogP contribution in [0.15, 0.2) is 53.5 Å². The van der Waals surface area contributed by atoms with Gasteiger partial charge in [0.2, 0.25) is 5.91 Å². The average molecular weight is 507 g/mol. The summed E-state index contributed by atoms with van der Waals surface area (Å²) in [5, 5.41) is 14.0. The van der Waals surface area contributed by atoms with Crippen molar-refractivity contribution < 1.29 is 19.4 Å². The molecule has 2 amide bonds. The van der Waals surface area contributed by atoms with Crippen LogP contribution < -0.4 is 15.8 Å². The molecule has 198 valence electrons. The lowest BCUT2D eigenvalue weighted by molar-refractivity contribution is -0.131. The third kappa shape index (κ3) is 5.21. The molecule has 2 aliphatic heterocycles. The zero-order chi connectivity index (χ0) is 26.8. The van der Waals surface area contributed by atoms with Crippen LogP contribution in [0, 0.1) is 0 Å². The molecule has 0 unspecified atom stereocenters. The number of carbonyl (C=O) groups excluding carboxylic acids is 2. The smallest absolute Gasteiger partial charge is 0.251 e. The molecule has 2 aliphatic rings. The quantitative estimate of drug-likeness (QED) is 0.495. The van der Waals surface area contributed by atoms with Gasteiger partial charge in [0.1, 0.15) is 18.0 Å². The zero-order valence-corrected chi connectivity index (χ0v) is 22.2. The Labute approximate surface area is 218 Å². The molecule has 2 aromatic rings. The number of aliphatic imine (C=N–C) groups is 1. The first-order valence-corrected chi connectivity index (χ1v) is 13.2. The van der Waals surface area contributed by atoms with E-state index in [9.17, 15) is 14.7 Å². The first kappa shape index (κ1) is 26.7. The summed E-state index contributed by atoms with van der Waals surface area (Å²) in [6.45, 7) is 7.84. The number of fused-ring (bicyclic) bond motifs is 1. The molecule has 4 rings (SSSR count). The molecular weight excluding hydrogens is 468 g/mol. The van der Waals surface area contributed by atoms with E-state index in [1.807, 2.05) is 50.2 Å². The molecule has 0 saturated carbocycles. The summed E-state index contributed by atoms with van der Waals surface area (Å²) in [4.78, 5) is 33.1. The fourth-order valence-corrected chi connectivity index (χ4v) is 5.37. The number of rotatable bonds is 8. The van der Waals surface area contributed by atoms with Gasteiger partial charge < -0.3 is 20.9 Å². The summed E-state index contributed by atoms with van der Waals surface area (Å²) < 4.78 is 5.69. The Morgan fingerprint density at radius 2 is 1.95 bits per heavy atom. The van der Waals surface area contributed by atoms with Gasteiger partial charge in [-0.05, 0) is 49.9 Å². The number of guanidine groups is 1. The third-order valence-corrected chi connectivity index (χ3v) is 7.72. The molecule has 0 fully saturated rings. The van der Waals surface area contributed by atoms with Crippen molar-refractivity contribution in [3.05, 3.63) is 65.2 Å². The maximum Gasteiger partial charge on any atom is 0.251 e. The largest absolute Gasteiger partial charge is 0.490 e. The number of nitrogens with zero attached hydrogens (tertiary/aromatic N) is 2. The van der Waals surface area contributed by atoms with E-state index in [-0.39, 0.29) is 30.4 Å². The number of ether oxygens (including phenoxy) is 1. The van der Waals surface area contributed by atoms with E-state index in [0.29, 0.717) is 24.2 Å². The number of benzene rings is 2. The fourth-order valence-electron chi connectivity index (χ4n) is 5.37. The number of nitrogens with two attached hydrogens (primary N) is 1. The molecule has 0 saturated heterocycles. The first-order valence-electron chi connectivity index (χ1n) is 13.2. The van der Waals surface area contributed by atoms with Crippen molar-refractivity contribution in [1.29, 1.82) is 0 Å². The van der Waals surface area contributed by atoms with E-state index in [0.717, 1.165) is 30.4 Å². The van der Waals surface area contributed by atoms with Gasteiger partial charge in [-0.1, -0.05) is 57.5 Å². The molecule has 0 aromatic heterocycles. The number of carbonyl (C=O) groups is 2. The molecular formula is C29H38N4O4. The Morgan fingerprint density at radius 3 is 2.62 bits per heavy atom. The molecule has 37 heavy (non-hydrogen) atoms. The summed E-state index contributed by atoms with van der Waals surface area (Å²) in [5.41, 5.74) is 6.66. The van der Waals surface area contributed by atoms with Crippen LogP contribution in [0.25, 0.3) is 0 Å². The summed E-state index contributed by atoms with van der Waals surface area (Å²) in [6, 6.07) is 13.7. The second-order valence-corrected chi connectivity index (χ2v) is 10.4. The van der Waals surface area contributed by atoms with E-state index in [1.165, 1.54) is 0 Å². The van der Waals surface area contributed by atoms with E-state index in [2.05, 4.69) is 12.2 Å². The lowest BCUT2D eigenvalue weighted by atomic mass is 9.87. The lowest BCUT2D eigenvalue weighted by Gasteiger charge is -2.40. The minimum absolute atomic E-state index is 0.0423. The molecule has 0 radical (unpaired) electrons. The molecule has 8 nitrogen and oxygen atoms in total. The Morgan fingerprint density at radius 1 is 1.22 bits per heavy atom. The zero-order valence-electron chi connectivity index (χ0n) is 22.2. The number of aliphatic hydroxyl groups is 1. The van der Waals surface area contributed by atoms with Crippen LogP contribution in [0.4, 0.5) is 0 Å². The van der Waals surface area contributed by atoms with Crippen LogP contribution in [0.2, 0.25) is 0 Å². The van der Waals surface area contributed by atoms with Crippen LogP contribution in [0.1, 0.15) is 93.4 Å². The molecule has 4 N–H and O–H groups in total. The maximum absolute atomic E-state index is 13.4. The molecule has 8 heteroatoms. The van der Waals surface area contributed by atoms with Gasteiger partial charge in [-0.25, -0.2) is 4.99 Å². The van der Waals surface area contributed by atoms with E-state index < -0.39 is 17.2 Å². The van der Waals surface area contributed by atoms with E-state index in [1.54, 1.807) is 24.0 Å². The van der Waals surface area contributed by atoms with Crippen LogP contribution in [0.5, 0.6) is 5.75 Å². The standard InChI is InChI=1S/C29H38N4O4/c1-5-11-22(33-24(34)17-29(6-2,7-3)32-27(33)30)19-12-10-13-20(16-19)26(35)31-25-21-14-8-9-15-23(21)37-18-28(25,4)36/h8-10,12-16,22,25,36H,5-7,11,17-18H2,1-4H3,(H2,30,32)(H,31,35)/t22-,25-,28-/m1/s1. The number of hydrogen-bond acceptors (Lipinski definition) is 6. The maximum atomic E-state index is 13.4. The Hall–Kier alpha value is -3.39. The van der Waals surface area contributed by atoms with Gasteiger partial charge in [0.15, 0.2) is 5.96 Å². The minimum Gasteiger partial charge on any atom is -0.490 e. The topological polar surface area (TPSA) is 117 Å². The fraction of sp³-hybridized carbons (Fsp3) is 0.483. The van der Waals surface area contributed by atoms with Gasteiger partial charge in [0.05, 0.1) is 24.0 Å². The van der Waals surface area contributed by atoms with Crippen LogP contribution in [0.3, 0.4) is 0 Å². The highest BCUT2D eigenvalue weighted by atomic mass is 16.5. The predicted molar refractivity (Wildman–Crippen MR) is 143 cm³/mol. The molecule has 0 aliphatic carbocycles. The van der Waals surface area contributed by atoms with Crippen LogP contribution in [-0.4, -0.2) is 45.5 Å². The molecule has 2 aromatic carbocycles. The number of amides is 2. The van der Waals surface area contributed by atoms with E-state index in [4.69, 9.17) is 15.5 Å². The van der Waals surface area contributed by atoms with Gasteiger partial charge in [0.25, 0.3) is 5.91 Å². The van der Waals surface area contributed by atoms with Crippen molar-refractivity contribution in [1.82, 2.24) is 10.2 Å². The Kier molecular flexibility index (Phi) is 7.59. The predicted octanol–water partition coefficient (Wildman–Crippen LogP) is 4.25. The van der Waals surface area contributed by atoms with Gasteiger partial charge in [-0.2, -0.15) is 0 Å². The third-order valence-electron chi connectivity index (χ3n) is 7.72. The van der Waals surface area contributed by atoms with Gasteiger partial charge in [-0.3, -0.25) is 14.5 Å². The highest BCUT2D eigenvalue weighted by Gasteiger charge is 2.42. The highest BCUT2D eigenvalue weighted by Crippen LogP contribution is 2.38. The summed E-state index contributed by atoms with van der Waals surface area (Å²) in [7, 11) is 0. The SMILES string of the molecule is CCC[C@H](c1cccc(C(=O)N[C@@H]2c3ccccc3OC[C@@]2(C)O)c1)N1C(=O)CC(CC)(CC)N=C1N. The normalized spacial score (nSPS) is 23.5. The van der Waals surface area contributed by atoms with Crippen molar-refractivity contribution in [2.45, 2.75) is 83.0 Å². The highest BCUT2D eigenvalue weighted by molar-refractivity contribution is 6.00. The van der Waals surface area contributed by atoms with Gasteiger partial charge in [0, 0.05) is 11.1 Å².